The van der Waals surface area contributed by atoms with Crippen LogP contribution in [0.5, 0.6) is 11.5 Å². The summed E-state index contributed by atoms with van der Waals surface area (Å²) in [5.74, 6) is -1.75. The number of amides is 3. The van der Waals surface area contributed by atoms with Crippen LogP contribution in [0.2, 0.25) is 0 Å². The van der Waals surface area contributed by atoms with E-state index in [-0.39, 0.29) is 51.0 Å². The summed E-state index contributed by atoms with van der Waals surface area (Å²) in [6, 6.07) is 4.81. The first-order chi connectivity index (χ1) is 31.7. The van der Waals surface area contributed by atoms with Crippen LogP contribution in [0.3, 0.4) is 0 Å². The second-order valence-electron chi connectivity index (χ2n) is 19.7. The van der Waals surface area contributed by atoms with E-state index in [1.807, 2.05) is 72.1 Å². The molecular formula is C47H66N8O10S2. The number of rotatable bonds is 12. The van der Waals surface area contributed by atoms with Crippen LogP contribution in [0, 0.1) is 11.3 Å². The minimum atomic E-state index is -3.82. The van der Waals surface area contributed by atoms with E-state index in [2.05, 4.69) is 16.0 Å². The lowest BCUT2D eigenvalue weighted by Gasteiger charge is -2.40. The van der Waals surface area contributed by atoms with E-state index in [4.69, 9.17) is 24.2 Å². The molecule has 3 amide bonds. The molecule has 366 valence electrons. The summed E-state index contributed by atoms with van der Waals surface area (Å²) in [7, 11) is -2.26. The number of carbonyl (C=O) groups is 4. The number of aliphatic carboxylic acids is 1. The molecule has 2 aromatic heterocycles. The maximum atomic E-state index is 15.0. The van der Waals surface area contributed by atoms with Gasteiger partial charge in [-0.15, -0.1) is 11.3 Å². The highest BCUT2D eigenvalue weighted by Crippen LogP contribution is 2.46. The van der Waals surface area contributed by atoms with E-state index in [1.54, 1.807) is 25.3 Å². The Hall–Kier alpha value is -5.05. The highest BCUT2D eigenvalue weighted by Gasteiger charge is 2.61. The molecule has 0 radical (unpaired) electrons. The Balaban J connectivity index is 1.18. The van der Waals surface area contributed by atoms with Gasteiger partial charge in [0.15, 0.2) is 5.13 Å². The van der Waals surface area contributed by atoms with Crippen molar-refractivity contribution in [2.24, 2.45) is 11.3 Å². The van der Waals surface area contributed by atoms with Gasteiger partial charge in [-0.05, 0) is 71.9 Å². The maximum Gasteiger partial charge on any atom is 0.408 e. The average molecular weight is 967 g/mol. The van der Waals surface area contributed by atoms with Gasteiger partial charge in [0.1, 0.15) is 47.0 Å². The molecule has 6 atom stereocenters. The molecule has 7 rings (SSSR count). The summed E-state index contributed by atoms with van der Waals surface area (Å²) in [4.78, 5) is 67.3. The zero-order valence-electron chi connectivity index (χ0n) is 39.7. The van der Waals surface area contributed by atoms with E-state index in [1.165, 1.54) is 24.8 Å². The molecule has 20 heteroatoms. The van der Waals surface area contributed by atoms with Gasteiger partial charge in [-0.3, -0.25) is 9.59 Å². The molecule has 3 aromatic rings. The van der Waals surface area contributed by atoms with Crippen molar-refractivity contribution >= 4 is 61.5 Å². The van der Waals surface area contributed by atoms with E-state index in [9.17, 15) is 32.7 Å². The highest BCUT2D eigenvalue weighted by molar-refractivity contribution is 7.86. The first kappa shape index (κ1) is 49.8. The van der Waals surface area contributed by atoms with Crippen LogP contribution in [0.15, 0.2) is 41.8 Å². The quantitative estimate of drug-likeness (QED) is 0.149. The molecule has 4 N–H and O–H groups in total. The summed E-state index contributed by atoms with van der Waals surface area (Å²) < 4.78 is 48.4. The molecule has 2 saturated heterocycles. The van der Waals surface area contributed by atoms with Gasteiger partial charge in [-0.25, -0.2) is 19.6 Å². The fraction of sp³-hybridized carbons (Fsp3) is 0.617. The van der Waals surface area contributed by atoms with Crippen molar-refractivity contribution in [3.05, 3.63) is 41.8 Å². The number of thiazole rings is 1. The monoisotopic (exact) mass is 966 g/mol. The van der Waals surface area contributed by atoms with Crippen molar-refractivity contribution in [2.75, 3.05) is 38.6 Å². The van der Waals surface area contributed by atoms with Gasteiger partial charge in [0.2, 0.25) is 11.8 Å². The summed E-state index contributed by atoms with van der Waals surface area (Å²) in [6.45, 7) is 13.8. The molecule has 5 heterocycles. The number of pyridine rings is 1. The molecule has 18 nitrogen and oxygen atoms in total. The number of carboxylic acids is 1. The Bertz CT molecular complexity index is 2460. The van der Waals surface area contributed by atoms with Crippen LogP contribution in [0.25, 0.3) is 22.3 Å². The Morgan fingerprint density at radius 2 is 1.82 bits per heavy atom. The fourth-order valence-electron chi connectivity index (χ4n) is 9.03. The second-order valence-corrected chi connectivity index (χ2v) is 22.5. The molecule has 3 fully saturated rings. The SMILES string of the molecule is COc1ccc2c(O[C@@H]3C[C@H]4C(=O)N[C@]5(C(=O)O)CC5C=CCCCCC[C@H](NC(=O)OC(CN5CCCN(C(C)C)S5(=O)=O)C(C)(C)C)C(=O)N4C3)cc(-c3csc(NC(C)C)n3)nc2c1. The second kappa shape index (κ2) is 20.3. The van der Waals surface area contributed by atoms with Crippen LogP contribution in [-0.2, 0) is 29.3 Å². The molecule has 0 spiro atoms. The molecule has 3 aliphatic heterocycles. The molecule has 2 unspecified atom stereocenters. The third-order valence-corrected chi connectivity index (χ3v) is 15.9. The first-order valence-electron chi connectivity index (χ1n) is 23.3. The number of anilines is 1. The molecule has 4 aliphatic rings. The zero-order valence-corrected chi connectivity index (χ0v) is 41.4. The summed E-state index contributed by atoms with van der Waals surface area (Å²) in [5.41, 5.74) is -0.487. The van der Waals surface area contributed by atoms with Crippen molar-refractivity contribution in [2.45, 2.75) is 142 Å². The molecule has 1 saturated carbocycles. The number of fused-ring (bicyclic) bond motifs is 3. The standard InChI is InChI=1S/C47H66N8O10S2/c1-28(2)48-44-50-37(27-66-44)36-23-39(33-18-17-31(63-8)21-35(33)49-36)64-32-22-38-41(56)52-47(43(58)59)24-30(47)15-12-10-9-11-13-16-34(42(57)54(38)25-32)51-45(60)65-40(46(5,6)7)26-53-19-14-20-55(29(3)4)67(53,61)62/h12,15,17-18,21,23,27-30,32,34,38,40H,9-11,13-14,16,19-20,22,24-26H2,1-8H3,(H,48,50)(H,51,60)(H,52,56)(H,58,59)/t30?,32-,34+,38+,40?,47-/m1/s1. The lowest BCUT2D eigenvalue weighted by Crippen LogP contribution is -2.57. The van der Waals surface area contributed by atoms with E-state index < -0.39 is 75.2 Å². The average Bonchev–Trinajstić information content (AvgIpc) is 3.51. The Labute approximate surface area is 397 Å². The number of hydrogen-bond donors (Lipinski definition) is 4. The first-order valence-corrected chi connectivity index (χ1v) is 25.6. The number of nitrogens with zero attached hydrogens (tertiary/aromatic N) is 5. The van der Waals surface area contributed by atoms with Gasteiger partial charge in [0.05, 0.1) is 31.4 Å². The van der Waals surface area contributed by atoms with E-state index in [0.717, 1.165) is 11.6 Å². The molecule has 0 bridgehead atoms. The number of ether oxygens (including phenoxy) is 3. The molecular weight excluding hydrogens is 901 g/mol. The fourth-order valence-corrected chi connectivity index (χ4v) is 11.8. The van der Waals surface area contributed by atoms with Crippen molar-refractivity contribution in [1.82, 2.24) is 34.1 Å². The Morgan fingerprint density at radius 3 is 2.52 bits per heavy atom. The molecule has 1 aromatic carbocycles. The van der Waals surface area contributed by atoms with Crippen molar-refractivity contribution in [3.8, 4) is 22.9 Å². The van der Waals surface area contributed by atoms with Gasteiger partial charge in [0, 0.05) is 65.8 Å². The summed E-state index contributed by atoms with van der Waals surface area (Å²) >= 11 is 1.45. The predicted molar refractivity (Wildman–Crippen MR) is 255 cm³/mol. The number of aromatic nitrogens is 2. The van der Waals surface area contributed by atoms with Crippen molar-refractivity contribution in [3.63, 3.8) is 0 Å². The molecule has 1 aliphatic carbocycles. The summed E-state index contributed by atoms with van der Waals surface area (Å²) in [6.07, 6.45) is 5.04. The minimum Gasteiger partial charge on any atom is -0.497 e. The van der Waals surface area contributed by atoms with E-state index in [0.29, 0.717) is 66.0 Å². The Kier molecular flexibility index (Phi) is 15.1. The third kappa shape index (κ3) is 11.3. The maximum absolute atomic E-state index is 15.0. The smallest absolute Gasteiger partial charge is 0.408 e. The number of alkyl carbamates (subject to hydrolysis) is 1. The number of benzene rings is 1. The van der Waals surface area contributed by atoms with Crippen LogP contribution >= 0.6 is 11.3 Å². The predicted octanol–water partition coefficient (Wildman–Crippen LogP) is 6.19. The van der Waals surface area contributed by atoms with Gasteiger partial charge in [0.25, 0.3) is 10.2 Å². The van der Waals surface area contributed by atoms with Crippen LogP contribution in [0.1, 0.15) is 99.8 Å². The third-order valence-electron chi connectivity index (χ3n) is 12.9. The van der Waals surface area contributed by atoms with Crippen molar-refractivity contribution in [1.29, 1.82) is 0 Å². The normalized spacial score (nSPS) is 25.7. The van der Waals surface area contributed by atoms with Gasteiger partial charge >= 0.3 is 12.1 Å². The number of carbonyl (C=O) groups excluding carboxylic acids is 3. The highest BCUT2D eigenvalue weighted by atomic mass is 32.2. The number of methoxy groups -OCH3 is 1. The largest absolute Gasteiger partial charge is 0.497 e. The van der Waals surface area contributed by atoms with Crippen LogP contribution in [-0.4, -0.2) is 136 Å². The van der Waals surface area contributed by atoms with Gasteiger partial charge in [-0.2, -0.15) is 17.0 Å². The van der Waals surface area contributed by atoms with Crippen LogP contribution in [0.4, 0.5) is 9.93 Å². The van der Waals surface area contributed by atoms with Gasteiger partial charge < -0.3 is 40.2 Å². The lowest BCUT2D eigenvalue weighted by atomic mass is 9.89. The topological polar surface area (TPSA) is 222 Å². The molecule has 67 heavy (non-hydrogen) atoms. The number of allylic oxidation sites excluding steroid dienone is 1. The number of hydrogen-bond acceptors (Lipinski definition) is 13. The van der Waals surface area contributed by atoms with Crippen LogP contribution < -0.4 is 25.4 Å². The van der Waals surface area contributed by atoms with Gasteiger partial charge in [-0.1, -0.05) is 45.8 Å². The Morgan fingerprint density at radius 1 is 1.04 bits per heavy atom. The zero-order chi connectivity index (χ0) is 48.4. The number of nitrogens with one attached hydrogen (secondary N) is 3. The van der Waals surface area contributed by atoms with Crippen molar-refractivity contribution < 1.29 is 46.9 Å². The summed E-state index contributed by atoms with van der Waals surface area (Å²) in [5, 5.41) is 22.6. The van der Waals surface area contributed by atoms with E-state index >= 15 is 0 Å². The lowest BCUT2D eigenvalue weighted by molar-refractivity contribution is -0.145. The number of carboxylic acid groups (broad SMARTS) is 1. The minimum absolute atomic E-state index is 0.0171.